The van der Waals surface area contributed by atoms with E-state index >= 15 is 0 Å². The number of hydrogen-bond donors (Lipinski definition) is 1. The first-order chi connectivity index (χ1) is 8.08. The molecular formula is C11H15F3N2O. The molecule has 0 radical (unpaired) electrons. The summed E-state index contributed by atoms with van der Waals surface area (Å²) in [5.41, 5.74) is 1.14. The summed E-state index contributed by atoms with van der Waals surface area (Å²) in [5, 5.41) is 3.01. The van der Waals surface area contributed by atoms with Crippen LogP contribution in [0.15, 0.2) is 24.5 Å². The van der Waals surface area contributed by atoms with E-state index in [1.807, 2.05) is 12.1 Å². The molecule has 0 fully saturated rings. The Morgan fingerprint density at radius 1 is 1.18 bits per heavy atom. The first-order valence-electron chi connectivity index (χ1n) is 5.32. The van der Waals surface area contributed by atoms with Gasteiger partial charge in [0.15, 0.2) is 0 Å². The lowest BCUT2D eigenvalue weighted by molar-refractivity contribution is -0.173. The summed E-state index contributed by atoms with van der Waals surface area (Å²) >= 11 is 0. The van der Waals surface area contributed by atoms with E-state index < -0.39 is 12.8 Å². The number of alkyl halides is 3. The maximum absolute atomic E-state index is 11.7. The van der Waals surface area contributed by atoms with Crippen molar-refractivity contribution in [1.29, 1.82) is 0 Å². The minimum Gasteiger partial charge on any atom is -0.371 e. The summed E-state index contributed by atoms with van der Waals surface area (Å²) in [6, 6.07) is 3.81. The van der Waals surface area contributed by atoms with E-state index in [1.165, 1.54) is 0 Å². The molecule has 0 saturated carbocycles. The van der Waals surface area contributed by atoms with Crippen molar-refractivity contribution in [1.82, 2.24) is 10.3 Å². The minimum absolute atomic E-state index is 0.0653. The average Bonchev–Trinajstić information content (AvgIpc) is 2.28. The number of aromatic nitrogens is 1. The van der Waals surface area contributed by atoms with Gasteiger partial charge < -0.3 is 10.1 Å². The van der Waals surface area contributed by atoms with Crippen LogP contribution in [-0.2, 0) is 11.2 Å². The lowest BCUT2D eigenvalue weighted by Gasteiger charge is -2.08. The quantitative estimate of drug-likeness (QED) is 0.747. The van der Waals surface area contributed by atoms with Gasteiger partial charge in [-0.3, -0.25) is 4.98 Å². The van der Waals surface area contributed by atoms with E-state index in [4.69, 9.17) is 0 Å². The summed E-state index contributed by atoms with van der Waals surface area (Å²) in [6.45, 7) is 0.00937. The molecule has 0 aliphatic rings. The number of nitrogens with one attached hydrogen (secondary N) is 1. The van der Waals surface area contributed by atoms with Crippen LogP contribution in [0, 0.1) is 0 Å². The molecule has 0 bridgehead atoms. The highest BCUT2D eigenvalue weighted by atomic mass is 19.4. The van der Waals surface area contributed by atoms with Gasteiger partial charge in [0.25, 0.3) is 0 Å². The van der Waals surface area contributed by atoms with Crippen molar-refractivity contribution in [2.45, 2.75) is 12.6 Å². The van der Waals surface area contributed by atoms with Crippen LogP contribution in [0.4, 0.5) is 13.2 Å². The predicted molar refractivity (Wildman–Crippen MR) is 57.7 cm³/mol. The van der Waals surface area contributed by atoms with Crippen molar-refractivity contribution in [2.24, 2.45) is 0 Å². The second-order valence-corrected chi connectivity index (χ2v) is 3.52. The SMILES string of the molecule is FC(F)(F)COCCNCCc1ccncc1. The van der Waals surface area contributed by atoms with E-state index in [2.05, 4.69) is 15.0 Å². The second kappa shape index (κ2) is 7.24. The molecule has 0 aromatic carbocycles. The van der Waals surface area contributed by atoms with Crippen LogP contribution < -0.4 is 5.32 Å². The number of ether oxygens (including phenoxy) is 1. The Kier molecular flexibility index (Phi) is 5.93. The maximum Gasteiger partial charge on any atom is 0.411 e. The van der Waals surface area contributed by atoms with Crippen LogP contribution in [0.1, 0.15) is 5.56 Å². The summed E-state index contributed by atoms with van der Waals surface area (Å²) in [5.74, 6) is 0. The molecule has 0 atom stereocenters. The smallest absolute Gasteiger partial charge is 0.371 e. The Bertz CT molecular complexity index is 303. The molecule has 1 aromatic heterocycles. The van der Waals surface area contributed by atoms with Gasteiger partial charge in [-0.15, -0.1) is 0 Å². The summed E-state index contributed by atoms with van der Waals surface area (Å²) < 4.78 is 39.6. The first kappa shape index (κ1) is 13.9. The summed E-state index contributed by atoms with van der Waals surface area (Å²) in [6.07, 6.45) is 0.00236. The van der Waals surface area contributed by atoms with Gasteiger partial charge in [-0.1, -0.05) is 0 Å². The van der Waals surface area contributed by atoms with Gasteiger partial charge in [-0.25, -0.2) is 0 Å². The molecule has 17 heavy (non-hydrogen) atoms. The zero-order valence-electron chi connectivity index (χ0n) is 9.33. The fraction of sp³-hybridized carbons (Fsp3) is 0.545. The third kappa shape index (κ3) is 7.70. The molecule has 0 amide bonds. The fourth-order valence-electron chi connectivity index (χ4n) is 1.24. The molecule has 0 saturated heterocycles. The molecule has 0 aliphatic carbocycles. The highest BCUT2D eigenvalue weighted by Crippen LogP contribution is 2.13. The molecule has 3 nitrogen and oxygen atoms in total. The number of halogens is 3. The van der Waals surface area contributed by atoms with Crippen LogP contribution in [-0.4, -0.2) is 37.5 Å². The maximum atomic E-state index is 11.7. The van der Waals surface area contributed by atoms with E-state index in [0.29, 0.717) is 13.1 Å². The molecular weight excluding hydrogens is 233 g/mol. The lowest BCUT2D eigenvalue weighted by atomic mass is 10.2. The zero-order chi connectivity index (χ0) is 12.6. The van der Waals surface area contributed by atoms with E-state index in [-0.39, 0.29) is 6.61 Å². The van der Waals surface area contributed by atoms with Gasteiger partial charge in [0.2, 0.25) is 0 Å². The summed E-state index contributed by atoms with van der Waals surface area (Å²) in [7, 11) is 0. The van der Waals surface area contributed by atoms with Crippen molar-refractivity contribution in [3.8, 4) is 0 Å². The number of hydrogen-bond acceptors (Lipinski definition) is 3. The normalized spacial score (nSPS) is 11.7. The molecule has 0 spiro atoms. The van der Waals surface area contributed by atoms with Gasteiger partial charge in [0.05, 0.1) is 6.61 Å². The van der Waals surface area contributed by atoms with Crippen molar-refractivity contribution in [3.05, 3.63) is 30.1 Å². The van der Waals surface area contributed by atoms with Gasteiger partial charge in [-0.2, -0.15) is 13.2 Å². The third-order valence-electron chi connectivity index (χ3n) is 2.03. The van der Waals surface area contributed by atoms with Crippen LogP contribution in [0.25, 0.3) is 0 Å². The number of pyridine rings is 1. The molecule has 1 aromatic rings. The molecule has 1 N–H and O–H groups in total. The van der Waals surface area contributed by atoms with Gasteiger partial charge in [0, 0.05) is 18.9 Å². The Hall–Kier alpha value is -1.14. The molecule has 1 heterocycles. The van der Waals surface area contributed by atoms with Crippen LogP contribution in [0.5, 0.6) is 0 Å². The second-order valence-electron chi connectivity index (χ2n) is 3.52. The Labute approximate surface area is 98.0 Å². The lowest BCUT2D eigenvalue weighted by Crippen LogP contribution is -2.25. The van der Waals surface area contributed by atoms with Gasteiger partial charge in [0.1, 0.15) is 6.61 Å². The Morgan fingerprint density at radius 2 is 1.88 bits per heavy atom. The van der Waals surface area contributed by atoms with Crippen molar-refractivity contribution in [2.75, 3.05) is 26.3 Å². The first-order valence-corrected chi connectivity index (χ1v) is 5.32. The Balaban J connectivity index is 1.95. The standard InChI is InChI=1S/C11H15F3N2O/c12-11(13,14)9-17-8-7-16-6-3-10-1-4-15-5-2-10/h1-2,4-5,16H,3,6-9H2. The molecule has 0 aliphatic heterocycles. The average molecular weight is 248 g/mol. The van der Waals surface area contributed by atoms with Crippen LogP contribution in [0.2, 0.25) is 0 Å². The molecule has 96 valence electrons. The van der Waals surface area contributed by atoms with E-state index in [0.717, 1.165) is 12.0 Å². The van der Waals surface area contributed by atoms with Crippen LogP contribution in [0.3, 0.4) is 0 Å². The summed E-state index contributed by atoms with van der Waals surface area (Å²) in [4.78, 5) is 3.89. The van der Waals surface area contributed by atoms with Gasteiger partial charge in [-0.05, 0) is 30.7 Å². The third-order valence-corrected chi connectivity index (χ3v) is 2.03. The predicted octanol–water partition coefficient (Wildman–Crippen LogP) is 1.79. The highest BCUT2D eigenvalue weighted by molar-refractivity contribution is 5.09. The largest absolute Gasteiger partial charge is 0.411 e. The minimum atomic E-state index is -4.24. The van der Waals surface area contributed by atoms with E-state index in [9.17, 15) is 13.2 Å². The molecule has 0 unspecified atom stereocenters. The van der Waals surface area contributed by atoms with Crippen molar-refractivity contribution in [3.63, 3.8) is 0 Å². The molecule has 1 rings (SSSR count). The van der Waals surface area contributed by atoms with Crippen molar-refractivity contribution < 1.29 is 17.9 Å². The topological polar surface area (TPSA) is 34.1 Å². The van der Waals surface area contributed by atoms with E-state index in [1.54, 1.807) is 12.4 Å². The highest BCUT2D eigenvalue weighted by Gasteiger charge is 2.27. The zero-order valence-corrected chi connectivity index (χ0v) is 9.33. The number of rotatable bonds is 7. The van der Waals surface area contributed by atoms with Crippen LogP contribution >= 0.6 is 0 Å². The Morgan fingerprint density at radius 3 is 2.53 bits per heavy atom. The fourth-order valence-corrected chi connectivity index (χ4v) is 1.24. The number of nitrogens with zero attached hydrogens (tertiary/aromatic N) is 1. The van der Waals surface area contributed by atoms with Crippen molar-refractivity contribution >= 4 is 0 Å². The monoisotopic (exact) mass is 248 g/mol. The van der Waals surface area contributed by atoms with Gasteiger partial charge >= 0.3 is 6.18 Å². The molecule has 6 heteroatoms.